The van der Waals surface area contributed by atoms with E-state index in [0.29, 0.717) is 6.04 Å². The highest BCUT2D eigenvalue weighted by molar-refractivity contribution is 9.10. The molecule has 0 fully saturated rings. The second kappa shape index (κ2) is 6.62. The summed E-state index contributed by atoms with van der Waals surface area (Å²) in [5, 5.41) is 3.51. The normalized spacial score (nSPS) is 11.9. The van der Waals surface area contributed by atoms with Gasteiger partial charge >= 0.3 is 0 Å². The van der Waals surface area contributed by atoms with Gasteiger partial charge in [-0.05, 0) is 59.1 Å². The van der Waals surface area contributed by atoms with E-state index in [1.54, 1.807) is 7.11 Å². The zero-order chi connectivity index (χ0) is 13.7. The van der Waals surface area contributed by atoms with E-state index >= 15 is 0 Å². The Hall–Kier alpha value is -1.48. The van der Waals surface area contributed by atoms with Crippen molar-refractivity contribution >= 4 is 21.6 Å². The summed E-state index contributed by atoms with van der Waals surface area (Å²) in [6.45, 7) is 2.18. The minimum atomic E-state index is 0.368. The van der Waals surface area contributed by atoms with Crippen molar-refractivity contribution in [3.63, 3.8) is 0 Å². The maximum Gasteiger partial charge on any atom is 0.118 e. The van der Waals surface area contributed by atoms with Gasteiger partial charge in [0.25, 0.3) is 0 Å². The molecular weight excluding hydrogens is 302 g/mol. The molecule has 0 aliphatic rings. The van der Waals surface area contributed by atoms with E-state index in [1.807, 2.05) is 30.3 Å². The van der Waals surface area contributed by atoms with Gasteiger partial charge in [0.2, 0.25) is 0 Å². The van der Waals surface area contributed by atoms with Crippen molar-refractivity contribution in [2.24, 2.45) is 0 Å². The molecule has 19 heavy (non-hydrogen) atoms. The van der Waals surface area contributed by atoms with Gasteiger partial charge < -0.3 is 10.1 Å². The third kappa shape index (κ3) is 4.00. The molecule has 1 atom stereocenters. The highest BCUT2D eigenvalue weighted by atomic mass is 79.9. The number of nitrogens with one attached hydrogen (secondary N) is 1. The first kappa shape index (κ1) is 13.9. The fraction of sp³-hybridized carbons (Fsp3) is 0.250. The summed E-state index contributed by atoms with van der Waals surface area (Å²) in [5.41, 5.74) is 2.43. The van der Waals surface area contributed by atoms with Gasteiger partial charge in [0, 0.05) is 16.2 Å². The van der Waals surface area contributed by atoms with Gasteiger partial charge in [0.05, 0.1) is 7.11 Å². The molecule has 100 valence electrons. The molecule has 2 rings (SSSR count). The molecule has 3 heteroatoms. The lowest BCUT2D eigenvalue weighted by Crippen LogP contribution is -2.18. The van der Waals surface area contributed by atoms with Crippen molar-refractivity contribution in [1.29, 1.82) is 0 Å². The van der Waals surface area contributed by atoms with Gasteiger partial charge in [-0.15, -0.1) is 0 Å². The maximum absolute atomic E-state index is 5.16. The minimum absolute atomic E-state index is 0.368. The molecule has 0 radical (unpaired) electrons. The number of hydrogen-bond acceptors (Lipinski definition) is 2. The molecule has 0 aliphatic carbocycles. The highest BCUT2D eigenvalue weighted by Gasteiger charge is 2.05. The van der Waals surface area contributed by atoms with Crippen LogP contribution in [-0.2, 0) is 6.42 Å². The van der Waals surface area contributed by atoms with E-state index in [0.717, 1.165) is 22.3 Å². The lowest BCUT2D eigenvalue weighted by molar-refractivity contribution is 0.414. The van der Waals surface area contributed by atoms with E-state index in [-0.39, 0.29) is 0 Å². The molecule has 2 nitrogen and oxygen atoms in total. The van der Waals surface area contributed by atoms with Gasteiger partial charge in [-0.1, -0.05) is 24.3 Å². The lowest BCUT2D eigenvalue weighted by Gasteiger charge is -2.16. The van der Waals surface area contributed by atoms with Crippen molar-refractivity contribution in [3.05, 3.63) is 58.6 Å². The Morgan fingerprint density at radius 2 is 1.79 bits per heavy atom. The van der Waals surface area contributed by atoms with E-state index in [4.69, 9.17) is 4.74 Å². The molecule has 0 saturated carbocycles. The fourth-order valence-electron chi connectivity index (χ4n) is 2.01. The summed E-state index contributed by atoms with van der Waals surface area (Å²) >= 11 is 3.55. The molecule has 0 heterocycles. The molecule has 0 aromatic heterocycles. The van der Waals surface area contributed by atoms with Crippen LogP contribution in [0.25, 0.3) is 0 Å². The van der Waals surface area contributed by atoms with Gasteiger partial charge in [-0.2, -0.15) is 0 Å². The summed E-state index contributed by atoms with van der Waals surface area (Å²) in [6, 6.07) is 16.8. The summed E-state index contributed by atoms with van der Waals surface area (Å²) in [7, 11) is 1.69. The summed E-state index contributed by atoms with van der Waals surface area (Å²) < 4.78 is 6.26. The van der Waals surface area contributed by atoms with E-state index in [1.165, 1.54) is 5.56 Å². The van der Waals surface area contributed by atoms with Crippen molar-refractivity contribution in [2.75, 3.05) is 12.4 Å². The highest BCUT2D eigenvalue weighted by Crippen LogP contribution is 2.22. The third-order valence-electron chi connectivity index (χ3n) is 2.98. The lowest BCUT2D eigenvalue weighted by atomic mass is 10.1. The Kier molecular flexibility index (Phi) is 4.86. The third-order valence-corrected chi connectivity index (χ3v) is 3.67. The van der Waals surface area contributed by atoms with E-state index in [2.05, 4.69) is 46.4 Å². The molecule has 2 aromatic carbocycles. The Morgan fingerprint density at radius 3 is 2.42 bits per heavy atom. The van der Waals surface area contributed by atoms with Gasteiger partial charge in [0.15, 0.2) is 0 Å². The van der Waals surface area contributed by atoms with E-state index in [9.17, 15) is 0 Å². The maximum atomic E-state index is 5.16. The molecule has 0 saturated heterocycles. The van der Waals surface area contributed by atoms with Crippen LogP contribution in [0.2, 0.25) is 0 Å². The molecule has 1 unspecified atom stereocenters. The molecule has 1 N–H and O–H groups in total. The van der Waals surface area contributed by atoms with Crippen LogP contribution in [0.3, 0.4) is 0 Å². The monoisotopic (exact) mass is 319 g/mol. The second-order valence-corrected chi connectivity index (χ2v) is 5.43. The Morgan fingerprint density at radius 1 is 1.11 bits per heavy atom. The Balaban J connectivity index is 1.97. The summed E-state index contributed by atoms with van der Waals surface area (Å²) in [6.07, 6.45) is 0.978. The van der Waals surface area contributed by atoms with Crippen LogP contribution in [0.15, 0.2) is 53.0 Å². The average molecular weight is 320 g/mol. The summed E-state index contributed by atoms with van der Waals surface area (Å²) in [4.78, 5) is 0. The number of hydrogen-bond donors (Lipinski definition) is 1. The SMILES string of the molecule is COc1ccc(CC(C)Nc2ccccc2Br)cc1. The predicted molar refractivity (Wildman–Crippen MR) is 83.9 cm³/mol. The van der Waals surface area contributed by atoms with Crippen LogP contribution < -0.4 is 10.1 Å². The standard InChI is InChI=1S/C16H18BrNO/c1-12(18-16-6-4-3-5-15(16)17)11-13-7-9-14(19-2)10-8-13/h3-10,12,18H,11H2,1-2H3. The fourth-order valence-corrected chi connectivity index (χ4v) is 2.41. The molecule has 0 bridgehead atoms. The van der Waals surface area contributed by atoms with Crippen LogP contribution in [0.4, 0.5) is 5.69 Å². The molecule has 0 aliphatic heterocycles. The Bertz CT molecular complexity index is 525. The zero-order valence-electron chi connectivity index (χ0n) is 11.2. The number of ether oxygens (including phenoxy) is 1. The van der Waals surface area contributed by atoms with Crippen molar-refractivity contribution in [2.45, 2.75) is 19.4 Å². The van der Waals surface area contributed by atoms with Crippen LogP contribution in [0, 0.1) is 0 Å². The van der Waals surface area contributed by atoms with Crippen molar-refractivity contribution in [3.8, 4) is 5.75 Å². The summed E-state index contributed by atoms with van der Waals surface area (Å²) in [5.74, 6) is 0.898. The van der Waals surface area contributed by atoms with Gasteiger partial charge in [-0.25, -0.2) is 0 Å². The smallest absolute Gasteiger partial charge is 0.118 e. The van der Waals surface area contributed by atoms with Crippen molar-refractivity contribution < 1.29 is 4.74 Å². The van der Waals surface area contributed by atoms with Gasteiger partial charge in [-0.3, -0.25) is 0 Å². The molecule has 2 aromatic rings. The first-order valence-electron chi connectivity index (χ1n) is 6.33. The number of anilines is 1. The van der Waals surface area contributed by atoms with Crippen LogP contribution >= 0.6 is 15.9 Å². The Labute approximate surface area is 122 Å². The molecule has 0 amide bonds. The minimum Gasteiger partial charge on any atom is -0.497 e. The number of para-hydroxylation sites is 1. The molecular formula is C16H18BrNO. The predicted octanol–water partition coefficient (Wildman–Crippen LogP) is 4.50. The number of methoxy groups -OCH3 is 1. The topological polar surface area (TPSA) is 21.3 Å². The van der Waals surface area contributed by atoms with E-state index < -0.39 is 0 Å². The number of halogens is 1. The van der Waals surface area contributed by atoms with Crippen LogP contribution in [0.1, 0.15) is 12.5 Å². The zero-order valence-corrected chi connectivity index (χ0v) is 12.8. The largest absolute Gasteiger partial charge is 0.497 e. The van der Waals surface area contributed by atoms with Crippen molar-refractivity contribution in [1.82, 2.24) is 0 Å². The number of rotatable bonds is 5. The average Bonchev–Trinajstić information content (AvgIpc) is 2.42. The first-order valence-corrected chi connectivity index (χ1v) is 7.12. The molecule has 0 spiro atoms. The quantitative estimate of drug-likeness (QED) is 0.876. The number of benzene rings is 2. The van der Waals surface area contributed by atoms with Crippen LogP contribution in [-0.4, -0.2) is 13.2 Å². The van der Waals surface area contributed by atoms with Gasteiger partial charge in [0.1, 0.15) is 5.75 Å². The second-order valence-electron chi connectivity index (χ2n) is 4.58. The van der Waals surface area contributed by atoms with Crippen LogP contribution in [0.5, 0.6) is 5.75 Å². The first-order chi connectivity index (χ1) is 9.19.